The summed E-state index contributed by atoms with van der Waals surface area (Å²) in [6, 6.07) is 9.75. The third kappa shape index (κ3) is 4.02. The molecule has 0 unspecified atom stereocenters. The van der Waals surface area contributed by atoms with E-state index in [1.165, 1.54) is 5.56 Å². The summed E-state index contributed by atoms with van der Waals surface area (Å²) in [6.07, 6.45) is 8.04. The molecule has 1 fully saturated rings. The Morgan fingerprint density at radius 2 is 2.13 bits per heavy atom. The van der Waals surface area contributed by atoms with Crippen LogP contribution in [0.15, 0.2) is 48.9 Å². The van der Waals surface area contributed by atoms with Gasteiger partial charge in [0.15, 0.2) is 0 Å². The summed E-state index contributed by atoms with van der Waals surface area (Å²) in [5.41, 5.74) is 17.1. The molecule has 7 nitrogen and oxygen atoms in total. The van der Waals surface area contributed by atoms with E-state index in [1.54, 1.807) is 18.6 Å². The van der Waals surface area contributed by atoms with Gasteiger partial charge in [-0.1, -0.05) is 13.0 Å². The summed E-state index contributed by atoms with van der Waals surface area (Å²) >= 11 is 0. The Morgan fingerprint density at radius 1 is 1.27 bits per heavy atom. The monoisotopic (exact) mass is 401 g/mol. The predicted octanol–water partition coefficient (Wildman–Crippen LogP) is 3.03. The van der Waals surface area contributed by atoms with E-state index in [1.807, 2.05) is 24.3 Å². The number of aromatic nitrogens is 3. The van der Waals surface area contributed by atoms with Crippen molar-refractivity contribution in [3.05, 3.63) is 65.7 Å². The van der Waals surface area contributed by atoms with Gasteiger partial charge in [0, 0.05) is 42.7 Å². The van der Waals surface area contributed by atoms with Gasteiger partial charge in [0.2, 0.25) is 0 Å². The molecule has 5 N–H and O–H groups in total. The number of nitrogens with zero attached hydrogens (tertiary/aromatic N) is 4. The van der Waals surface area contributed by atoms with Crippen LogP contribution in [0.2, 0.25) is 0 Å². The van der Waals surface area contributed by atoms with Crippen LogP contribution in [-0.2, 0) is 6.42 Å². The van der Waals surface area contributed by atoms with E-state index in [0.29, 0.717) is 16.9 Å². The lowest BCUT2D eigenvalue weighted by atomic mass is 10.0. The molecule has 4 heterocycles. The Hall–Kier alpha value is -3.32. The van der Waals surface area contributed by atoms with Crippen LogP contribution in [0.1, 0.15) is 36.6 Å². The lowest BCUT2D eigenvalue weighted by Crippen LogP contribution is -2.43. The molecule has 7 heteroatoms. The summed E-state index contributed by atoms with van der Waals surface area (Å²) in [5, 5.41) is 8.82. The van der Waals surface area contributed by atoms with Crippen LogP contribution < -0.4 is 16.4 Å². The number of pyridine rings is 3. The van der Waals surface area contributed by atoms with Crippen LogP contribution in [0.3, 0.4) is 0 Å². The third-order valence-corrected chi connectivity index (χ3v) is 5.51. The molecule has 0 amide bonds. The lowest BCUT2D eigenvalue weighted by molar-refractivity contribution is 0.502. The summed E-state index contributed by atoms with van der Waals surface area (Å²) in [7, 11) is 0. The number of nitrogens with two attached hydrogens (primary N) is 2. The molecule has 1 aliphatic rings. The Kier molecular flexibility index (Phi) is 5.72. The van der Waals surface area contributed by atoms with E-state index in [-0.39, 0.29) is 11.8 Å². The SMILES string of the molecule is CCc1ccc(C(=N)c2cc(-c3cccnc3)ncc2N)nc1N1CCC[C@H](N)C1. The molecule has 0 spiro atoms. The molecule has 154 valence electrons. The fourth-order valence-corrected chi connectivity index (χ4v) is 3.86. The normalized spacial score (nSPS) is 16.5. The van der Waals surface area contributed by atoms with Crippen LogP contribution >= 0.6 is 0 Å². The molecule has 0 aliphatic carbocycles. The number of hydrogen-bond acceptors (Lipinski definition) is 7. The maximum atomic E-state index is 8.82. The Balaban J connectivity index is 1.71. The minimum absolute atomic E-state index is 0.159. The van der Waals surface area contributed by atoms with Crippen molar-refractivity contribution in [2.75, 3.05) is 23.7 Å². The maximum absolute atomic E-state index is 8.82. The highest BCUT2D eigenvalue weighted by molar-refractivity contribution is 6.13. The smallest absolute Gasteiger partial charge is 0.132 e. The third-order valence-electron chi connectivity index (χ3n) is 5.51. The minimum atomic E-state index is 0.159. The number of nitrogens with one attached hydrogen (secondary N) is 1. The molecule has 1 aliphatic heterocycles. The van der Waals surface area contributed by atoms with Crippen LogP contribution in [0.5, 0.6) is 0 Å². The van der Waals surface area contributed by atoms with Gasteiger partial charge in [-0.2, -0.15) is 0 Å². The minimum Gasteiger partial charge on any atom is -0.397 e. The summed E-state index contributed by atoms with van der Waals surface area (Å²) in [4.78, 5) is 15.7. The first-order valence-corrected chi connectivity index (χ1v) is 10.3. The van der Waals surface area contributed by atoms with Crippen molar-refractivity contribution < 1.29 is 0 Å². The molecular weight excluding hydrogens is 374 g/mol. The number of anilines is 2. The van der Waals surface area contributed by atoms with Crippen molar-refractivity contribution in [1.82, 2.24) is 15.0 Å². The molecule has 4 rings (SSSR count). The number of nitrogen functional groups attached to an aromatic ring is 1. The molecular formula is C23H27N7. The van der Waals surface area contributed by atoms with Crippen LogP contribution in [0.4, 0.5) is 11.5 Å². The van der Waals surface area contributed by atoms with E-state index < -0.39 is 0 Å². The lowest BCUT2D eigenvalue weighted by Gasteiger charge is -2.33. The average Bonchev–Trinajstić information content (AvgIpc) is 2.79. The summed E-state index contributed by atoms with van der Waals surface area (Å²) in [6.45, 7) is 3.85. The number of piperidine rings is 1. The van der Waals surface area contributed by atoms with Gasteiger partial charge in [0.1, 0.15) is 5.82 Å². The number of rotatable bonds is 5. The molecule has 30 heavy (non-hydrogen) atoms. The van der Waals surface area contributed by atoms with E-state index in [0.717, 1.165) is 49.4 Å². The van der Waals surface area contributed by atoms with E-state index in [4.69, 9.17) is 21.9 Å². The van der Waals surface area contributed by atoms with Gasteiger partial charge in [0.25, 0.3) is 0 Å². The second kappa shape index (κ2) is 8.59. The molecule has 0 bridgehead atoms. The Bertz CT molecular complexity index is 1050. The van der Waals surface area contributed by atoms with Gasteiger partial charge in [-0.25, -0.2) is 4.98 Å². The highest BCUT2D eigenvalue weighted by Crippen LogP contribution is 2.26. The van der Waals surface area contributed by atoms with Gasteiger partial charge in [-0.3, -0.25) is 15.4 Å². The van der Waals surface area contributed by atoms with Crippen molar-refractivity contribution in [3.8, 4) is 11.3 Å². The van der Waals surface area contributed by atoms with Crippen LogP contribution in [0, 0.1) is 5.41 Å². The summed E-state index contributed by atoms with van der Waals surface area (Å²) < 4.78 is 0. The molecule has 0 aromatic carbocycles. The van der Waals surface area contributed by atoms with E-state index in [9.17, 15) is 0 Å². The zero-order valence-electron chi connectivity index (χ0n) is 17.2. The van der Waals surface area contributed by atoms with E-state index in [2.05, 4.69) is 27.9 Å². The average molecular weight is 402 g/mol. The van der Waals surface area contributed by atoms with Crippen LogP contribution in [-0.4, -0.2) is 39.8 Å². The quantitative estimate of drug-likeness (QED) is 0.566. The second-order valence-electron chi connectivity index (χ2n) is 7.65. The molecule has 0 radical (unpaired) electrons. The van der Waals surface area contributed by atoms with Gasteiger partial charge in [0.05, 0.1) is 29.0 Å². The zero-order valence-corrected chi connectivity index (χ0v) is 17.2. The topological polar surface area (TPSA) is 118 Å². The fourth-order valence-electron chi connectivity index (χ4n) is 3.86. The molecule has 1 atom stereocenters. The van der Waals surface area contributed by atoms with Gasteiger partial charge < -0.3 is 16.4 Å². The Morgan fingerprint density at radius 3 is 2.87 bits per heavy atom. The first kappa shape index (κ1) is 20.0. The van der Waals surface area contributed by atoms with Crippen LogP contribution in [0.25, 0.3) is 11.3 Å². The number of aryl methyl sites for hydroxylation is 1. The number of hydrogen-bond donors (Lipinski definition) is 3. The summed E-state index contributed by atoms with van der Waals surface area (Å²) in [5.74, 6) is 0.926. The highest BCUT2D eigenvalue weighted by Gasteiger charge is 2.22. The standard InChI is InChI=1S/C23H27N7/c1-2-15-7-8-20(29-23(15)30-10-4-6-17(24)14-30)22(26)18-11-21(28-13-19(18)25)16-5-3-9-27-12-16/h3,5,7-9,11-13,17,26H,2,4,6,10,14,24-25H2,1H3/t17-/m0/s1. The zero-order chi connectivity index (χ0) is 21.1. The van der Waals surface area contributed by atoms with Crippen molar-refractivity contribution in [2.45, 2.75) is 32.2 Å². The van der Waals surface area contributed by atoms with Gasteiger partial charge in [-0.15, -0.1) is 0 Å². The first-order valence-electron chi connectivity index (χ1n) is 10.3. The molecule has 1 saturated heterocycles. The van der Waals surface area contributed by atoms with E-state index >= 15 is 0 Å². The van der Waals surface area contributed by atoms with Gasteiger partial charge in [-0.05, 0) is 49.1 Å². The molecule has 3 aromatic heterocycles. The Labute approximate surface area is 176 Å². The van der Waals surface area contributed by atoms with Crippen molar-refractivity contribution in [3.63, 3.8) is 0 Å². The van der Waals surface area contributed by atoms with Crippen molar-refractivity contribution in [1.29, 1.82) is 5.41 Å². The molecule has 3 aromatic rings. The van der Waals surface area contributed by atoms with Gasteiger partial charge >= 0.3 is 0 Å². The maximum Gasteiger partial charge on any atom is 0.132 e. The second-order valence-corrected chi connectivity index (χ2v) is 7.65. The fraction of sp³-hybridized carbons (Fsp3) is 0.304. The van der Waals surface area contributed by atoms with Crippen molar-refractivity contribution >= 4 is 17.2 Å². The highest BCUT2D eigenvalue weighted by atomic mass is 15.2. The molecule has 0 saturated carbocycles. The first-order chi connectivity index (χ1) is 14.6. The van der Waals surface area contributed by atoms with Crippen molar-refractivity contribution in [2.24, 2.45) is 5.73 Å². The largest absolute Gasteiger partial charge is 0.397 e. The predicted molar refractivity (Wildman–Crippen MR) is 121 cm³/mol.